The van der Waals surface area contributed by atoms with E-state index in [-0.39, 0.29) is 15.4 Å². The van der Waals surface area contributed by atoms with Crippen LogP contribution in [0.5, 0.6) is 0 Å². The second-order valence-corrected chi connectivity index (χ2v) is 3.08. The average Bonchev–Trinajstić information content (AvgIpc) is 2.04. The van der Waals surface area contributed by atoms with E-state index in [4.69, 9.17) is 46.4 Å². The Balaban J connectivity index is 0. The number of amides is 1. The summed E-state index contributed by atoms with van der Waals surface area (Å²) in [4.78, 5) is 9.47. The summed E-state index contributed by atoms with van der Waals surface area (Å²) in [6, 6.07) is 0. The third kappa shape index (κ3) is 12.8. The van der Waals surface area contributed by atoms with E-state index in [9.17, 15) is 4.79 Å². The number of nitrogens with two attached hydrogens (primary N) is 1. The third-order valence-electron chi connectivity index (χ3n) is 0.524. The summed E-state index contributed by atoms with van der Waals surface area (Å²) in [5.74, 6) is -0.311. The highest BCUT2D eigenvalue weighted by Crippen LogP contribution is 2.17. The third-order valence-corrected chi connectivity index (χ3v) is 1.90. The molecular weight excluding hydrogens is 244 g/mol. The zero-order valence-electron chi connectivity index (χ0n) is 5.99. The molecule has 0 rings (SSSR count). The maximum absolute atomic E-state index is 9.47. The first-order valence-corrected chi connectivity index (χ1v) is 4.30. The Morgan fingerprint density at radius 2 is 1.75 bits per heavy atom. The van der Waals surface area contributed by atoms with Crippen LogP contribution >= 0.6 is 46.4 Å². The van der Waals surface area contributed by atoms with Crippen LogP contribution in [0.1, 0.15) is 0 Å². The number of primary amides is 1. The van der Waals surface area contributed by atoms with Crippen molar-refractivity contribution in [1.29, 1.82) is 0 Å². The van der Waals surface area contributed by atoms with Crippen molar-refractivity contribution >= 4 is 52.3 Å². The van der Waals surface area contributed by atoms with Crippen molar-refractivity contribution in [3.05, 3.63) is 22.2 Å². The Morgan fingerprint density at radius 3 is 1.75 bits per heavy atom. The zero-order valence-corrected chi connectivity index (χ0v) is 9.01. The van der Waals surface area contributed by atoms with Crippen molar-refractivity contribution in [2.24, 2.45) is 5.73 Å². The van der Waals surface area contributed by atoms with Crippen molar-refractivity contribution in [2.45, 2.75) is 0 Å². The maximum atomic E-state index is 9.47. The molecule has 0 aromatic heterocycles. The van der Waals surface area contributed by atoms with Crippen LogP contribution in [0.2, 0.25) is 0 Å². The number of hydrogen-bond donors (Lipinski definition) is 1. The first kappa shape index (κ1) is 14.6. The fraction of sp³-hybridized carbons (Fsp3) is 0.167. The normalized spacial score (nSPS) is 7.67. The van der Waals surface area contributed by atoms with Gasteiger partial charge in [-0.15, -0.1) is 11.6 Å². The van der Waals surface area contributed by atoms with Gasteiger partial charge in [0.05, 0.1) is 10.9 Å². The summed E-state index contributed by atoms with van der Waals surface area (Å²) in [7, 11) is 0. The Bertz CT molecular complexity index is 186. The van der Waals surface area contributed by atoms with Gasteiger partial charge in [0.25, 0.3) is 0 Å². The number of hydrogen-bond acceptors (Lipinski definition) is 1. The maximum Gasteiger partial charge on any atom is 0.240 e. The van der Waals surface area contributed by atoms with Crippen LogP contribution in [0.3, 0.4) is 0 Å². The molecule has 0 atom stereocenters. The second kappa shape index (κ2) is 9.20. The molecule has 1 amide bonds. The molecule has 2 N–H and O–H groups in total. The summed E-state index contributed by atoms with van der Waals surface area (Å²) < 4.78 is 0.0386. The quantitative estimate of drug-likeness (QED) is 0.595. The summed E-state index contributed by atoms with van der Waals surface area (Å²) in [5.41, 5.74) is 4.53. The van der Waals surface area contributed by atoms with Gasteiger partial charge in [-0.3, -0.25) is 4.79 Å². The minimum atomic E-state index is -0.481. The Kier molecular flexibility index (Phi) is 11.2. The highest BCUT2D eigenvalue weighted by Gasteiger charge is 1.92. The number of carbonyl (C=O) groups is 1. The van der Waals surface area contributed by atoms with Crippen LogP contribution in [-0.2, 0) is 4.79 Å². The lowest BCUT2D eigenvalue weighted by molar-refractivity contribution is -0.113. The van der Waals surface area contributed by atoms with Crippen LogP contribution < -0.4 is 5.73 Å². The van der Waals surface area contributed by atoms with Crippen molar-refractivity contribution < 1.29 is 4.79 Å². The summed E-state index contributed by atoms with van der Waals surface area (Å²) in [6.07, 6.45) is 1.06. The smallest absolute Gasteiger partial charge is 0.240 e. The fourth-order valence-electron chi connectivity index (χ4n) is 0.0505. The second-order valence-electron chi connectivity index (χ2n) is 1.41. The highest BCUT2D eigenvalue weighted by molar-refractivity contribution is 6.60. The van der Waals surface area contributed by atoms with E-state index >= 15 is 0 Å². The van der Waals surface area contributed by atoms with Gasteiger partial charge < -0.3 is 5.73 Å². The molecule has 0 bridgehead atoms. The molecule has 0 aliphatic carbocycles. The first-order chi connectivity index (χ1) is 5.45. The summed E-state index contributed by atoms with van der Waals surface area (Å²) in [5, 5.41) is 0.282. The Hall–Kier alpha value is 0.110. The van der Waals surface area contributed by atoms with Gasteiger partial charge in [0, 0.05) is 0 Å². The molecule has 0 aliphatic rings. The highest BCUT2D eigenvalue weighted by atomic mass is 35.5. The monoisotopic (exact) mass is 249 g/mol. The topological polar surface area (TPSA) is 43.1 Å². The predicted molar refractivity (Wildman–Crippen MR) is 54.7 cm³/mol. The van der Waals surface area contributed by atoms with Crippen LogP contribution in [-0.4, -0.2) is 11.8 Å². The molecule has 0 saturated carbocycles. The van der Waals surface area contributed by atoms with Gasteiger partial charge in [-0.1, -0.05) is 41.4 Å². The number of rotatable bonds is 2. The predicted octanol–water partition coefficient (Wildman–Crippen LogP) is 2.77. The van der Waals surface area contributed by atoms with Crippen molar-refractivity contribution in [3.63, 3.8) is 0 Å². The minimum Gasteiger partial charge on any atom is -0.366 e. The molecule has 70 valence electrons. The Labute approximate surface area is 90.9 Å². The SMILES string of the molecule is C=CC(N)=O.ClCC(Cl)=C(Cl)Cl. The van der Waals surface area contributed by atoms with E-state index in [2.05, 4.69) is 12.3 Å². The van der Waals surface area contributed by atoms with E-state index in [1.807, 2.05) is 0 Å². The molecule has 0 fully saturated rings. The van der Waals surface area contributed by atoms with E-state index in [0.717, 1.165) is 6.08 Å². The van der Waals surface area contributed by atoms with Crippen molar-refractivity contribution in [3.8, 4) is 0 Å². The van der Waals surface area contributed by atoms with Gasteiger partial charge in [0.2, 0.25) is 5.91 Å². The molecule has 12 heavy (non-hydrogen) atoms. The lowest BCUT2D eigenvalue weighted by Crippen LogP contribution is -2.04. The number of carbonyl (C=O) groups excluding carboxylic acids is 1. The molecular formula is C6H7Cl4NO. The van der Waals surface area contributed by atoms with Gasteiger partial charge in [-0.2, -0.15) is 0 Å². The van der Waals surface area contributed by atoms with E-state index < -0.39 is 5.91 Å². The number of alkyl halides is 1. The molecule has 0 aliphatic heterocycles. The molecule has 0 aromatic carbocycles. The largest absolute Gasteiger partial charge is 0.366 e. The van der Waals surface area contributed by atoms with Gasteiger partial charge in [-0.05, 0) is 6.08 Å². The van der Waals surface area contributed by atoms with E-state index in [1.54, 1.807) is 0 Å². The fourth-order valence-corrected chi connectivity index (χ4v) is 0.455. The summed E-state index contributed by atoms with van der Waals surface area (Å²) in [6.45, 7) is 3.09. The van der Waals surface area contributed by atoms with Crippen LogP contribution in [0.25, 0.3) is 0 Å². The molecule has 0 unspecified atom stereocenters. The first-order valence-electron chi connectivity index (χ1n) is 2.63. The van der Waals surface area contributed by atoms with Crippen LogP contribution in [0.15, 0.2) is 22.2 Å². The minimum absolute atomic E-state index is 0.0386. The molecule has 0 spiro atoms. The van der Waals surface area contributed by atoms with Crippen LogP contribution in [0.4, 0.5) is 0 Å². The van der Waals surface area contributed by atoms with Gasteiger partial charge in [-0.25, -0.2) is 0 Å². The molecule has 0 saturated heterocycles. The molecule has 0 radical (unpaired) electrons. The lowest BCUT2D eigenvalue weighted by Gasteiger charge is -1.85. The van der Waals surface area contributed by atoms with Crippen LogP contribution in [0, 0.1) is 0 Å². The average molecular weight is 251 g/mol. The molecule has 0 aromatic rings. The van der Waals surface area contributed by atoms with E-state index in [0.29, 0.717) is 0 Å². The number of allylic oxidation sites excluding steroid dienone is 1. The van der Waals surface area contributed by atoms with E-state index in [1.165, 1.54) is 0 Å². The number of halogens is 4. The summed E-state index contributed by atoms with van der Waals surface area (Å²) >= 11 is 20.8. The zero-order chi connectivity index (χ0) is 10.1. The Morgan fingerprint density at radius 1 is 1.42 bits per heavy atom. The molecule has 6 heteroatoms. The van der Waals surface area contributed by atoms with Gasteiger partial charge >= 0.3 is 0 Å². The van der Waals surface area contributed by atoms with Crippen molar-refractivity contribution in [1.82, 2.24) is 0 Å². The molecule has 0 heterocycles. The lowest BCUT2D eigenvalue weighted by atomic mass is 10.6. The van der Waals surface area contributed by atoms with Gasteiger partial charge in [0.15, 0.2) is 0 Å². The molecule has 2 nitrogen and oxygen atoms in total. The van der Waals surface area contributed by atoms with Crippen molar-refractivity contribution in [2.75, 3.05) is 5.88 Å². The van der Waals surface area contributed by atoms with Gasteiger partial charge in [0.1, 0.15) is 4.49 Å². The standard InChI is InChI=1S/C3H2Cl4.C3H5NO/c4-1-2(5)3(6)7;1-2-3(4)5/h1H2;2H,1H2,(H2,4,5).